The molecule has 0 heterocycles. The number of carbonyl (C=O) groups excluding carboxylic acids is 2. The van der Waals surface area contributed by atoms with Crippen LogP contribution in [0.2, 0.25) is 0 Å². The maximum atomic E-state index is 13.0. The average Bonchev–Trinajstić information content (AvgIpc) is 2.77. The molecule has 2 aromatic carbocycles. The van der Waals surface area contributed by atoms with Crippen LogP contribution in [0, 0.1) is 11.8 Å². The van der Waals surface area contributed by atoms with Gasteiger partial charge in [-0.1, -0.05) is 67.1 Å². The molecule has 0 aromatic heterocycles. The molecule has 1 N–H and O–H groups in total. The standard InChI is InChI=1S/C24H29N3O2/c28-19-25-15-22-12-7-13-23(14-22)16-26-24(29)27(17-20-8-3-1-4-9-20)18-21-10-5-2-6-11-21/h1-6,8-11,22-23H,7,12-18H2,(H,26,29). The second-order valence-corrected chi connectivity index (χ2v) is 7.84. The third-order valence-corrected chi connectivity index (χ3v) is 5.57. The molecule has 0 radical (unpaired) electrons. The van der Waals surface area contributed by atoms with Crippen molar-refractivity contribution in [3.05, 3.63) is 71.8 Å². The van der Waals surface area contributed by atoms with E-state index in [1.807, 2.05) is 65.6 Å². The third kappa shape index (κ3) is 6.88. The smallest absolute Gasteiger partial charge is 0.318 e. The molecule has 1 saturated carbocycles. The predicted octanol–water partition coefficient (Wildman–Crippen LogP) is 4.54. The summed E-state index contributed by atoms with van der Waals surface area (Å²) in [6.07, 6.45) is 5.98. The van der Waals surface area contributed by atoms with Crippen molar-refractivity contribution >= 4 is 12.1 Å². The predicted molar refractivity (Wildman–Crippen MR) is 114 cm³/mol. The summed E-state index contributed by atoms with van der Waals surface area (Å²) in [7, 11) is 0. The van der Waals surface area contributed by atoms with Crippen LogP contribution in [0.3, 0.4) is 0 Å². The highest BCUT2D eigenvalue weighted by molar-refractivity contribution is 5.74. The van der Waals surface area contributed by atoms with Gasteiger partial charge >= 0.3 is 6.03 Å². The van der Waals surface area contributed by atoms with Gasteiger partial charge in [0.1, 0.15) is 0 Å². The van der Waals surface area contributed by atoms with E-state index in [9.17, 15) is 9.59 Å². The van der Waals surface area contributed by atoms with Crippen molar-refractivity contribution < 1.29 is 9.59 Å². The molecule has 2 aromatic rings. The molecule has 1 fully saturated rings. The van der Waals surface area contributed by atoms with E-state index in [-0.39, 0.29) is 6.03 Å². The first-order valence-corrected chi connectivity index (χ1v) is 10.4. The molecule has 0 spiro atoms. The van der Waals surface area contributed by atoms with Gasteiger partial charge in [-0.15, -0.1) is 0 Å². The lowest BCUT2D eigenvalue weighted by Gasteiger charge is -2.29. The molecule has 1 aliphatic carbocycles. The average molecular weight is 392 g/mol. The first-order chi connectivity index (χ1) is 14.2. The largest absolute Gasteiger partial charge is 0.338 e. The maximum absolute atomic E-state index is 13.0. The second-order valence-electron chi connectivity index (χ2n) is 7.84. The van der Waals surface area contributed by atoms with Gasteiger partial charge in [0, 0.05) is 19.6 Å². The van der Waals surface area contributed by atoms with E-state index < -0.39 is 0 Å². The Morgan fingerprint density at radius 1 is 0.966 bits per heavy atom. The molecule has 2 atom stereocenters. The summed E-state index contributed by atoms with van der Waals surface area (Å²) >= 11 is 0. The molecule has 5 nitrogen and oxygen atoms in total. The van der Waals surface area contributed by atoms with Crippen molar-refractivity contribution in [2.75, 3.05) is 13.1 Å². The molecule has 1 aliphatic rings. The van der Waals surface area contributed by atoms with Gasteiger partial charge in [0.2, 0.25) is 6.08 Å². The minimum absolute atomic E-state index is 0.0364. The highest BCUT2D eigenvalue weighted by Crippen LogP contribution is 2.28. The second kappa shape index (κ2) is 11.2. The number of rotatable bonds is 8. The van der Waals surface area contributed by atoms with Crippen molar-refractivity contribution in [1.29, 1.82) is 0 Å². The van der Waals surface area contributed by atoms with Crippen LogP contribution in [0.4, 0.5) is 4.79 Å². The number of isocyanates is 1. The van der Waals surface area contributed by atoms with Gasteiger partial charge in [0.15, 0.2) is 0 Å². The highest BCUT2D eigenvalue weighted by Gasteiger charge is 2.23. The fraction of sp³-hybridized carbons (Fsp3) is 0.417. The zero-order valence-corrected chi connectivity index (χ0v) is 16.8. The number of nitrogens with zero attached hydrogens (tertiary/aromatic N) is 2. The minimum Gasteiger partial charge on any atom is -0.338 e. The minimum atomic E-state index is -0.0364. The summed E-state index contributed by atoms with van der Waals surface area (Å²) in [6, 6.07) is 20.1. The van der Waals surface area contributed by atoms with Gasteiger partial charge in [0.05, 0.1) is 6.54 Å². The van der Waals surface area contributed by atoms with Crippen molar-refractivity contribution in [1.82, 2.24) is 10.2 Å². The summed E-state index contributed by atoms with van der Waals surface area (Å²) in [5, 5.41) is 3.15. The summed E-state index contributed by atoms with van der Waals surface area (Å²) in [4.78, 5) is 29.0. The number of amides is 2. The van der Waals surface area contributed by atoms with Crippen LogP contribution >= 0.6 is 0 Å². The number of benzene rings is 2. The Morgan fingerprint density at radius 2 is 1.55 bits per heavy atom. The molecule has 0 aliphatic heterocycles. The zero-order valence-electron chi connectivity index (χ0n) is 16.8. The number of urea groups is 1. The summed E-state index contributed by atoms with van der Waals surface area (Å²) in [5.41, 5.74) is 2.23. The third-order valence-electron chi connectivity index (χ3n) is 5.57. The number of hydrogen-bond donors (Lipinski definition) is 1. The van der Waals surface area contributed by atoms with Crippen LogP contribution in [0.1, 0.15) is 36.8 Å². The van der Waals surface area contributed by atoms with Crippen molar-refractivity contribution in [3.63, 3.8) is 0 Å². The molecular weight excluding hydrogens is 362 g/mol. The fourth-order valence-electron chi connectivity index (χ4n) is 4.07. The van der Waals surface area contributed by atoms with E-state index in [1.54, 1.807) is 6.08 Å². The quantitative estimate of drug-likeness (QED) is 0.530. The summed E-state index contributed by atoms with van der Waals surface area (Å²) < 4.78 is 0. The molecule has 2 amide bonds. The molecule has 3 rings (SSSR count). The van der Waals surface area contributed by atoms with Crippen LogP contribution in [0.5, 0.6) is 0 Å². The van der Waals surface area contributed by atoms with Crippen molar-refractivity contribution in [2.45, 2.75) is 38.8 Å². The molecule has 0 saturated heterocycles. The van der Waals surface area contributed by atoms with Gasteiger partial charge in [0.25, 0.3) is 0 Å². The highest BCUT2D eigenvalue weighted by atomic mass is 16.2. The Morgan fingerprint density at radius 3 is 2.14 bits per heavy atom. The normalized spacial score (nSPS) is 18.5. The summed E-state index contributed by atoms with van der Waals surface area (Å²) in [5.74, 6) is 0.867. The summed E-state index contributed by atoms with van der Waals surface area (Å²) in [6.45, 7) is 2.37. The van der Waals surface area contributed by atoms with Crippen LogP contribution in [0.25, 0.3) is 0 Å². The molecule has 29 heavy (non-hydrogen) atoms. The topological polar surface area (TPSA) is 61.8 Å². The van der Waals surface area contributed by atoms with Crippen molar-refractivity contribution in [3.8, 4) is 0 Å². The van der Waals surface area contributed by atoms with E-state index in [0.717, 1.165) is 36.8 Å². The Kier molecular flexibility index (Phi) is 8.02. The fourth-order valence-corrected chi connectivity index (χ4v) is 4.07. The molecular formula is C24H29N3O2. The van der Waals surface area contributed by atoms with Crippen LogP contribution in [0.15, 0.2) is 65.7 Å². The SMILES string of the molecule is O=C=NCC1CCCC(CNC(=O)N(Cc2ccccc2)Cc2ccccc2)C1. The lowest BCUT2D eigenvalue weighted by Crippen LogP contribution is -2.41. The molecule has 0 bridgehead atoms. The van der Waals surface area contributed by atoms with Gasteiger partial charge in [-0.25, -0.2) is 14.6 Å². The monoisotopic (exact) mass is 391 g/mol. The Hall–Kier alpha value is -2.91. The van der Waals surface area contributed by atoms with E-state index in [4.69, 9.17) is 0 Å². The number of aliphatic imine (C=N–C) groups is 1. The van der Waals surface area contributed by atoms with Gasteiger partial charge < -0.3 is 10.2 Å². The molecule has 152 valence electrons. The van der Waals surface area contributed by atoms with E-state index in [1.165, 1.54) is 0 Å². The first kappa shape index (κ1) is 20.8. The zero-order chi connectivity index (χ0) is 20.3. The van der Waals surface area contributed by atoms with E-state index >= 15 is 0 Å². The Labute approximate surface area is 172 Å². The maximum Gasteiger partial charge on any atom is 0.318 e. The Balaban J connectivity index is 1.59. The molecule has 5 heteroatoms. The van der Waals surface area contributed by atoms with Gasteiger partial charge in [-0.2, -0.15) is 0 Å². The van der Waals surface area contributed by atoms with Crippen LogP contribution in [-0.4, -0.2) is 30.1 Å². The van der Waals surface area contributed by atoms with Crippen molar-refractivity contribution in [2.24, 2.45) is 16.8 Å². The lowest BCUT2D eigenvalue weighted by molar-refractivity contribution is 0.186. The van der Waals surface area contributed by atoms with Crippen LogP contribution < -0.4 is 5.32 Å². The number of carbonyl (C=O) groups is 1. The number of nitrogens with one attached hydrogen (secondary N) is 1. The van der Waals surface area contributed by atoms with E-state index in [2.05, 4.69) is 10.3 Å². The Bertz CT molecular complexity index is 762. The lowest BCUT2D eigenvalue weighted by atomic mass is 9.81. The molecule has 2 unspecified atom stereocenters. The van der Waals surface area contributed by atoms with Gasteiger partial charge in [-0.05, 0) is 42.2 Å². The number of hydrogen-bond acceptors (Lipinski definition) is 3. The first-order valence-electron chi connectivity index (χ1n) is 10.4. The van der Waals surface area contributed by atoms with Crippen LogP contribution in [-0.2, 0) is 17.9 Å². The van der Waals surface area contributed by atoms with E-state index in [0.29, 0.717) is 38.0 Å². The van der Waals surface area contributed by atoms with Gasteiger partial charge in [-0.3, -0.25) is 0 Å².